The maximum atomic E-state index is 13.4. The van der Waals surface area contributed by atoms with Gasteiger partial charge in [0, 0.05) is 12.2 Å². The monoisotopic (exact) mass is 293 g/mol. The van der Waals surface area contributed by atoms with Crippen LogP contribution in [0.3, 0.4) is 0 Å². The highest BCUT2D eigenvalue weighted by Gasteiger charge is 2.48. The number of piperidine rings is 1. The van der Waals surface area contributed by atoms with Crippen molar-refractivity contribution < 1.29 is 4.79 Å². The molecule has 2 heteroatoms. The van der Waals surface area contributed by atoms with Crippen LogP contribution in [0.15, 0.2) is 60.7 Å². The van der Waals surface area contributed by atoms with Crippen molar-refractivity contribution >= 4 is 11.6 Å². The van der Waals surface area contributed by atoms with Gasteiger partial charge in [0.25, 0.3) is 0 Å². The number of amides is 1. The van der Waals surface area contributed by atoms with Crippen LogP contribution in [0, 0.1) is 5.92 Å². The quantitative estimate of drug-likeness (QED) is 0.821. The van der Waals surface area contributed by atoms with E-state index in [4.69, 9.17) is 0 Å². The number of benzene rings is 2. The third-order valence-corrected chi connectivity index (χ3v) is 5.17. The second kappa shape index (κ2) is 5.96. The molecule has 0 bridgehead atoms. The van der Waals surface area contributed by atoms with Gasteiger partial charge in [-0.25, -0.2) is 0 Å². The second-order valence-electron chi connectivity index (χ2n) is 6.17. The van der Waals surface area contributed by atoms with E-state index in [-0.39, 0.29) is 5.91 Å². The smallest absolute Gasteiger partial charge is 0.237 e. The molecule has 0 aromatic heterocycles. The molecule has 1 amide bonds. The van der Waals surface area contributed by atoms with Gasteiger partial charge in [-0.3, -0.25) is 4.79 Å². The lowest BCUT2D eigenvalue weighted by Gasteiger charge is -2.46. The molecule has 1 aliphatic heterocycles. The molecule has 0 N–H and O–H groups in total. The van der Waals surface area contributed by atoms with Gasteiger partial charge < -0.3 is 4.90 Å². The molecule has 2 aromatic rings. The summed E-state index contributed by atoms with van der Waals surface area (Å²) in [5.74, 6) is 0.596. The van der Waals surface area contributed by atoms with Crippen LogP contribution in [0.25, 0.3) is 0 Å². The van der Waals surface area contributed by atoms with E-state index in [1.807, 2.05) is 53.4 Å². The zero-order chi connectivity index (χ0) is 15.6. The summed E-state index contributed by atoms with van der Waals surface area (Å²) in [4.78, 5) is 15.4. The first-order valence-electron chi connectivity index (χ1n) is 8.12. The van der Waals surface area contributed by atoms with E-state index in [9.17, 15) is 4.79 Å². The van der Waals surface area contributed by atoms with Gasteiger partial charge in [-0.05, 0) is 36.5 Å². The lowest BCUT2D eigenvalue weighted by atomic mass is 9.65. The number of rotatable bonds is 3. The number of nitrogens with zero attached hydrogens (tertiary/aromatic N) is 1. The summed E-state index contributed by atoms with van der Waals surface area (Å²) in [7, 11) is 0. The molecule has 0 aliphatic carbocycles. The summed E-state index contributed by atoms with van der Waals surface area (Å²) in [5, 5.41) is 0. The first-order chi connectivity index (χ1) is 10.7. The molecule has 1 aliphatic rings. The van der Waals surface area contributed by atoms with Crippen LogP contribution in [-0.2, 0) is 10.2 Å². The van der Waals surface area contributed by atoms with Gasteiger partial charge in [-0.1, -0.05) is 62.4 Å². The summed E-state index contributed by atoms with van der Waals surface area (Å²) in [6.07, 6.45) is 1.86. The largest absolute Gasteiger partial charge is 0.312 e. The Morgan fingerprint density at radius 3 is 2.23 bits per heavy atom. The molecule has 1 fully saturated rings. The summed E-state index contributed by atoms with van der Waals surface area (Å²) in [6, 6.07) is 20.3. The Morgan fingerprint density at radius 1 is 1.05 bits per heavy atom. The average molecular weight is 293 g/mol. The van der Waals surface area contributed by atoms with Gasteiger partial charge in [-0.15, -0.1) is 0 Å². The fraction of sp³-hybridized carbons (Fsp3) is 0.350. The molecular weight excluding hydrogens is 270 g/mol. The molecule has 2 atom stereocenters. The van der Waals surface area contributed by atoms with E-state index in [0.29, 0.717) is 5.92 Å². The van der Waals surface area contributed by atoms with Crippen molar-refractivity contribution in [2.45, 2.75) is 32.1 Å². The van der Waals surface area contributed by atoms with Crippen molar-refractivity contribution in [1.29, 1.82) is 0 Å². The van der Waals surface area contributed by atoms with E-state index in [0.717, 1.165) is 30.6 Å². The third kappa shape index (κ3) is 2.23. The Kier molecular flexibility index (Phi) is 4.02. The maximum Gasteiger partial charge on any atom is 0.237 e. The molecule has 2 unspecified atom stereocenters. The van der Waals surface area contributed by atoms with Crippen LogP contribution < -0.4 is 4.90 Å². The lowest BCUT2D eigenvalue weighted by Crippen LogP contribution is -2.55. The zero-order valence-electron chi connectivity index (χ0n) is 13.3. The Labute approximate surface area is 132 Å². The van der Waals surface area contributed by atoms with Crippen molar-refractivity contribution in [2.75, 3.05) is 11.4 Å². The summed E-state index contributed by atoms with van der Waals surface area (Å²) in [5.41, 5.74) is 1.75. The molecule has 0 radical (unpaired) electrons. The molecule has 0 spiro atoms. The Hall–Kier alpha value is -2.09. The normalized spacial score (nSPS) is 25.3. The summed E-state index contributed by atoms with van der Waals surface area (Å²) >= 11 is 0. The van der Waals surface area contributed by atoms with E-state index < -0.39 is 5.41 Å². The highest BCUT2D eigenvalue weighted by Crippen LogP contribution is 2.43. The average Bonchev–Trinajstić information content (AvgIpc) is 2.58. The third-order valence-electron chi connectivity index (χ3n) is 5.17. The van der Waals surface area contributed by atoms with Crippen molar-refractivity contribution in [2.24, 2.45) is 5.92 Å². The number of anilines is 1. The topological polar surface area (TPSA) is 20.3 Å². The first-order valence-corrected chi connectivity index (χ1v) is 8.12. The molecule has 1 heterocycles. The number of para-hydroxylation sites is 1. The summed E-state index contributed by atoms with van der Waals surface area (Å²) in [6.45, 7) is 5.16. The fourth-order valence-electron chi connectivity index (χ4n) is 3.82. The van der Waals surface area contributed by atoms with Gasteiger partial charge >= 0.3 is 0 Å². The van der Waals surface area contributed by atoms with Crippen molar-refractivity contribution in [3.8, 4) is 0 Å². The van der Waals surface area contributed by atoms with Crippen LogP contribution in [0.5, 0.6) is 0 Å². The van der Waals surface area contributed by atoms with Gasteiger partial charge in [0.05, 0.1) is 5.41 Å². The molecule has 0 saturated carbocycles. The van der Waals surface area contributed by atoms with E-state index in [2.05, 4.69) is 26.0 Å². The van der Waals surface area contributed by atoms with Crippen LogP contribution in [0.2, 0.25) is 0 Å². The minimum atomic E-state index is -0.407. The Morgan fingerprint density at radius 2 is 1.64 bits per heavy atom. The zero-order valence-corrected chi connectivity index (χ0v) is 13.3. The molecule has 1 saturated heterocycles. The van der Waals surface area contributed by atoms with Gasteiger partial charge in [0.2, 0.25) is 5.91 Å². The van der Waals surface area contributed by atoms with E-state index in [1.165, 1.54) is 0 Å². The number of carbonyl (C=O) groups excluding carboxylic acids is 1. The van der Waals surface area contributed by atoms with Crippen molar-refractivity contribution in [1.82, 2.24) is 0 Å². The van der Waals surface area contributed by atoms with Crippen molar-refractivity contribution in [3.05, 3.63) is 66.2 Å². The molecule has 22 heavy (non-hydrogen) atoms. The molecule has 3 rings (SSSR count). The first kappa shape index (κ1) is 14.8. The predicted molar refractivity (Wildman–Crippen MR) is 91.0 cm³/mol. The lowest BCUT2D eigenvalue weighted by molar-refractivity contribution is -0.128. The van der Waals surface area contributed by atoms with Crippen LogP contribution in [-0.4, -0.2) is 12.5 Å². The Balaban J connectivity index is 2.06. The highest BCUT2D eigenvalue weighted by atomic mass is 16.2. The fourth-order valence-corrected chi connectivity index (χ4v) is 3.82. The molecule has 114 valence electrons. The standard InChI is InChI=1S/C20H23NO/c1-3-20(17-10-6-4-7-11-17)16(2)14-15-21(19(20)22)18-12-8-5-9-13-18/h4-13,16H,3,14-15H2,1-2H3. The van der Waals surface area contributed by atoms with Gasteiger partial charge in [0.1, 0.15) is 0 Å². The minimum Gasteiger partial charge on any atom is -0.312 e. The Bertz CT molecular complexity index is 637. The van der Waals surface area contributed by atoms with E-state index >= 15 is 0 Å². The molecule has 2 nitrogen and oxygen atoms in total. The SMILES string of the molecule is CCC1(c2ccccc2)C(=O)N(c2ccccc2)CCC1C. The summed E-state index contributed by atoms with van der Waals surface area (Å²) < 4.78 is 0. The van der Waals surface area contributed by atoms with Gasteiger partial charge in [-0.2, -0.15) is 0 Å². The number of hydrogen-bond donors (Lipinski definition) is 0. The van der Waals surface area contributed by atoms with Crippen molar-refractivity contribution in [3.63, 3.8) is 0 Å². The van der Waals surface area contributed by atoms with E-state index in [1.54, 1.807) is 0 Å². The molecule has 2 aromatic carbocycles. The number of carbonyl (C=O) groups is 1. The number of hydrogen-bond acceptors (Lipinski definition) is 1. The van der Waals surface area contributed by atoms with Crippen LogP contribution >= 0.6 is 0 Å². The second-order valence-corrected chi connectivity index (χ2v) is 6.17. The maximum absolute atomic E-state index is 13.4. The highest BCUT2D eigenvalue weighted by molar-refractivity contribution is 6.02. The molecular formula is C20H23NO. The van der Waals surface area contributed by atoms with Gasteiger partial charge in [0.15, 0.2) is 0 Å². The minimum absolute atomic E-state index is 0.242. The van der Waals surface area contributed by atoms with Crippen LogP contribution in [0.1, 0.15) is 32.3 Å². The van der Waals surface area contributed by atoms with Crippen LogP contribution in [0.4, 0.5) is 5.69 Å². The predicted octanol–water partition coefficient (Wildman–Crippen LogP) is 4.41.